The molecular weight excluding hydrogens is 278 g/mol. The van der Waals surface area contributed by atoms with Crippen LogP contribution in [0.25, 0.3) is 5.69 Å². The second-order valence-corrected chi connectivity index (χ2v) is 5.39. The zero-order valence-corrected chi connectivity index (χ0v) is 11.5. The van der Waals surface area contributed by atoms with Gasteiger partial charge in [-0.05, 0) is 43.0 Å². The molecule has 1 heterocycles. The highest BCUT2D eigenvalue weighted by molar-refractivity contribution is 6.32. The maximum absolute atomic E-state index is 11.0. The first-order valence-electron chi connectivity index (χ1n) is 6.48. The Bertz CT molecular complexity index is 681. The van der Waals surface area contributed by atoms with E-state index in [9.17, 15) is 10.1 Å². The van der Waals surface area contributed by atoms with E-state index < -0.39 is 4.92 Å². The van der Waals surface area contributed by atoms with Gasteiger partial charge >= 0.3 is 0 Å². The van der Waals surface area contributed by atoms with E-state index in [0.29, 0.717) is 0 Å². The highest BCUT2D eigenvalue weighted by Gasteiger charge is 2.22. The number of rotatable bonds is 2. The van der Waals surface area contributed by atoms with Crippen LogP contribution < -0.4 is 5.73 Å². The summed E-state index contributed by atoms with van der Waals surface area (Å²) in [5, 5.41) is 11.1. The number of halogens is 1. The third-order valence-corrected chi connectivity index (χ3v) is 4.08. The molecule has 0 saturated carbocycles. The van der Waals surface area contributed by atoms with Gasteiger partial charge in [-0.25, -0.2) is 0 Å². The quantitative estimate of drug-likeness (QED) is 0.681. The van der Waals surface area contributed by atoms with Gasteiger partial charge in [0.15, 0.2) is 0 Å². The maximum Gasteiger partial charge on any atom is 0.289 e. The molecule has 1 aromatic heterocycles. The zero-order chi connectivity index (χ0) is 14.3. The van der Waals surface area contributed by atoms with Crippen LogP contribution in [0, 0.1) is 10.1 Å². The van der Waals surface area contributed by atoms with Gasteiger partial charge in [0, 0.05) is 24.0 Å². The highest BCUT2D eigenvalue weighted by Crippen LogP contribution is 2.33. The molecule has 0 saturated heterocycles. The van der Waals surface area contributed by atoms with Crippen LogP contribution in [0.3, 0.4) is 0 Å². The van der Waals surface area contributed by atoms with E-state index in [4.69, 9.17) is 17.3 Å². The van der Waals surface area contributed by atoms with Crippen molar-refractivity contribution in [3.63, 3.8) is 0 Å². The Morgan fingerprint density at radius 3 is 2.95 bits per heavy atom. The summed E-state index contributed by atoms with van der Waals surface area (Å²) in [4.78, 5) is 10.5. The monoisotopic (exact) mass is 291 g/mol. The van der Waals surface area contributed by atoms with E-state index in [0.717, 1.165) is 36.2 Å². The molecule has 5 nitrogen and oxygen atoms in total. The van der Waals surface area contributed by atoms with Gasteiger partial charge in [0.05, 0.1) is 10.6 Å². The summed E-state index contributed by atoms with van der Waals surface area (Å²) in [6.45, 7) is 0. The first-order chi connectivity index (χ1) is 9.58. The number of fused-ring (bicyclic) bond motifs is 1. The van der Waals surface area contributed by atoms with E-state index >= 15 is 0 Å². The molecule has 1 aliphatic carbocycles. The van der Waals surface area contributed by atoms with Crippen molar-refractivity contribution in [3.05, 3.63) is 56.9 Å². The predicted octanol–water partition coefficient (Wildman–Crippen LogP) is 3.38. The maximum atomic E-state index is 11.0. The van der Waals surface area contributed by atoms with E-state index in [-0.39, 0.29) is 16.8 Å². The fraction of sp³-hybridized carbons (Fsp3) is 0.286. The van der Waals surface area contributed by atoms with Crippen LogP contribution >= 0.6 is 11.6 Å². The summed E-state index contributed by atoms with van der Waals surface area (Å²) in [7, 11) is 0. The standard InChI is InChI=1S/C14H14ClN3O2/c15-11-5-4-9(8-14(11)18(19)20)17-7-6-10-12(16)2-1-3-13(10)17/h4-8,12H,1-3,16H2. The lowest BCUT2D eigenvalue weighted by Crippen LogP contribution is -2.17. The molecule has 6 heteroatoms. The minimum absolute atomic E-state index is 0.0577. The molecule has 1 aromatic carbocycles. The smallest absolute Gasteiger partial charge is 0.289 e. The lowest BCUT2D eigenvalue weighted by molar-refractivity contribution is -0.384. The molecule has 1 aliphatic rings. The van der Waals surface area contributed by atoms with Crippen LogP contribution in [0.15, 0.2) is 30.5 Å². The molecule has 0 fully saturated rings. The van der Waals surface area contributed by atoms with Crippen LogP contribution in [0.5, 0.6) is 0 Å². The van der Waals surface area contributed by atoms with Crippen LogP contribution in [0.1, 0.15) is 30.1 Å². The van der Waals surface area contributed by atoms with Gasteiger partial charge in [-0.3, -0.25) is 10.1 Å². The molecule has 1 atom stereocenters. The highest BCUT2D eigenvalue weighted by atomic mass is 35.5. The number of nitrogens with zero attached hydrogens (tertiary/aromatic N) is 2. The summed E-state index contributed by atoms with van der Waals surface area (Å²) in [6, 6.07) is 6.91. The molecule has 0 aliphatic heterocycles. The summed E-state index contributed by atoms with van der Waals surface area (Å²) >= 11 is 5.85. The Hall–Kier alpha value is -1.85. The van der Waals surface area contributed by atoms with Gasteiger partial charge in [-0.2, -0.15) is 0 Å². The lowest BCUT2D eigenvalue weighted by Gasteiger charge is -2.21. The van der Waals surface area contributed by atoms with Gasteiger partial charge in [0.2, 0.25) is 0 Å². The minimum Gasteiger partial charge on any atom is -0.324 e. The fourth-order valence-electron chi connectivity index (χ4n) is 2.76. The van der Waals surface area contributed by atoms with Crippen molar-refractivity contribution in [2.75, 3.05) is 0 Å². The average Bonchev–Trinajstić information content (AvgIpc) is 2.84. The third kappa shape index (κ3) is 2.09. The fourth-order valence-corrected chi connectivity index (χ4v) is 2.95. The van der Waals surface area contributed by atoms with Crippen molar-refractivity contribution in [2.45, 2.75) is 25.3 Å². The summed E-state index contributed by atoms with van der Waals surface area (Å²) in [6.07, 6.45) is 4.88. The molecule has 2 aromatic rings. The van der Waals surface area contributed by atoms with Crippen molar-refractivity contribution in [1.29, 1.82) is 0 Å². The molecule has 0 spiro atoms. The summed E-state index contributed by atoms with van der Waals surface area (Å²) in [5.41, 5.74) is 9.04. The van der Waals surface area contributed by atoms with Crippen molar-refractivity contribution >= 4 is 17.3 Å². The third-order valence-electron chi connectivity index (χ3n) is 3.76. The molecule has 1 unspecified atom stereocenters. The lowest BCUT2D eigenvalue weighted by atomic mass is 9.93. The Morgan fingerprint density at radius 2 is 2.20 bits per heavy atom. The number of hydrogen-bond acceptors (Lipinski definition) is 3. The van der Waals surface area contributed by atoms with Gasteiger partial charge in [-0.15, -0.1) is 0 Å². The van der Waals surface area contributed by atoms with Crippen LogP contribution in [0.2, 0.25) is 5.02 Å². The second-order valence-electron chi connectivity index (χ2n) is 4.98. The predicted molar refractivity (Wildman–Crippen MR) is 77.3 cm³/mol. The number of hydrogen-bond donors (Lipinski definition) is 1. The molecule has 0 amide bonds. The first-order valence-corrected chi connectivity index (χ1v) is 6.85. The molecule has 0 radical (unpaired) electrons. The molecular formula is C14H14ClN3O2. The zero-order valence-electron chi connectivity index (χ0n) is 10.8. The van der Waals surface area contributed by atoms with E-state index in [1.165, 1.54) is 6.07 Å². The summed E-state index contributed by atoms with van der Waals surface area (Å²) in [5.74, 6) is 0. The van der Waals surface area contributed by atoms with Crippen LogP contribution in [-0.4, -0.2) is 9.49 Å². The van der Waals surface area contributed by atoms with Crippen molar-refractivity contribution < 1.29 is 4.92 Å². The van der Waals surface area contributed by atoms with E-state index in [1.54, 1.807) is 12.1 Å². The number of benzene rings is 1. The number of nitro groups is 1. The van der Waals surface area contributed by atoms with Crippen molar-refractivity contribution in [2.24, 2.45) is 5.73 Å². The van der Waals surface area contributed by atoms with Gasteiger partial charge in [0.1, 0.15) is 5.02 Å². The number of nitrogens with two attached hydrogens (primary N) is 1. The van der Waals surface area contributed by atoms with Crippen molar-refractivity contribution in [1.82, 2.24) is 4.57 Å². The number of nitro benzene ring substituents is 1. The van der Waals surface area contributed by atoms with Gasteiger partial charge < -0.3 is 10.3 Å². The normalized spacial score (nSPS) is 17.8. The SMILES string of the molecule is NC1CCCc2c1ccn2-c1ccc(Cl)c([N+](=O)[O-])c1. The molecule has 3 rings (SSSR count). The molecule has 2 N–H and O–H groups in total. The van der Waals surface area contributed by atoms with Crippen LogP contribution in [0.4, 0.5) is 5.69 Å². The Morgan fingerprint density at radius 1 is 1.40 bits per heavy atom. The number of aromatic nitrogens is 1. The first kappa shape index (κ1) is 13.1. The Kier molecular flexibility index (Phi) is 3.23. The molecule has 104 valence electrons. The minimum atomic E-state index is -0.465. The Balaban J connectivity index is 2.10. The molecule has 20 heavy (non-hydrogen) atoms. The van der Waals surface area contributed by atoms with E-state index in [1.807, 2.05) is 16.8 Å². The largest absolute Gasteiger partial charge is 0.324 e. The average molecular weight is 292 g/mol. The topological polar surface area (TPSA) is 74.1 Å². The van der Waals surface area contributed by atoms with Crippen molar-refractivity contribution in [3.8, 4) is 5.69 Å². The second kappa shape index (κ2) is 4.92. The Labute approximate surface area is 121 Å². The molecule has 0 bridgehead atoms. The van der Waals surface area contributed by atoms with Crippen LogP contribution in [-0.2, 0) is 6.42 Å². The van der Waals surface area contributed by atoms with E-state index in [2.05, 4.69) is 0 Å². The summed E-state index contributed by atoms with van der Waals surface area (Å²) < 4.78 is 1.97. The van der Waals surface area contributed by atoms with Gasteiger partial charge in [0.25, 0.3) is 5.69 Å². The van der Waals surface area contributed by atoms with Gasteiger partial charge in [-0.1, -0.05) is 11.6 Å².